The van der Waals surface area contributed by atoms with Gasteiger partial charge in [0.25, 0.3) is 5.91 Å². The van der Waals surface area contributed by atoms with E-state index < -0.39 is 10.0 Å². The van der Waals surface area contributed by atoms with Gasteiger partial charge in [-0.2, -0.15) is 0 Å². The molecule has 2 N–H and O–H groups in total. The molecule has 2 aromatic carbocycles. The van der Waals surface area contributed by atoms with E-state index in [1.165, 1.54) is 0 Å². The van der Waals surface area contributed by atoms with E-state index >= 15 is 0 Å². The lowest BCUT2D eigenvalue weighted by molar-refractivity contribution is 0.102. The second kappa shape index (κ2) is 8.84. The van der Waals surface area contributed by atoms with E-state index in [0.717, 1.165) is 50.2 Å². The predicted octanol–water partition coefficient (Wildman–Crippen LogP) is 2.76. The summed E-state index contributed by atoms with van der Waals surface area (Å²) in [5, 5.41) is 2.90. The maximum absolute atomic E-state index is 12.8. The first-order valence-corrected chi connectivity index (χ1v) is 11.6. The first-order chi connectivity index (χ1) is 13.8. The van der Waals surface area contributed by atoms with Crippen LogP contribution in [0.3, 0.4) is 0 Å². The monoisotopic (exact) mass is 416 g/mol. The van der Waals surface area contributed by atoms with Crippen LogP contribution in [0.2, 0.25) is 0 Å². The number of likely N-dealkylation sites (N-methyl/N-ethyl adjacent to an activating group) is 1. The molecule has 0 atom stereocenters. The van der Waals surface area contributed by atoms with Crippen LogP contribution in [0.1, 0.15) is 22.8 Å². The number of piperazine rings is 1. The number of carbonyl (C=O) groups excluding carboxylic acids is 1. The van der Waals surface area contributed by atoms with Crippen molar-refractivity contribution in [3.8, 4) is 0 Å². The average molecular weight is 417 g/mol. The van der Waals surface area contributed by atoms with Gasteiger partial charge in [-0.3, -0.25) is 9.52 Å². The van der Waals surface area contributed by atoms with Crippen LogP contribution >= 0.6 is 0 Å². The van der Waals surface area contributed by atoms with Crippen LogP contribution in [-0.4, -0.2) is 58.2 Å². The van der Waals surface area contributed by atoms with Crippen LogP contribution < -0.4 is 14.9 Å². The highest BCUT2D eigenvalue weighted by Crippen LogP contribution is 2.25. The highest BCUT2D eigenvalue weighted by atomic mass is 32.2. The summed E-state index contributed by atoms with van der Waals surface area (Å²) >= 11 is 0. The first kappa shape index (κ1) is 21.1. The number of nitrogens with zero attached hydrogens (tertiary/aromatic N) is 2. The molecule has 1 heterocycles. The standard InChI is InChI=1S/C21H28N4O3S/c1-4-24-11-13-25(14-12-24)17-9-10-19(16(2)15-17)22-21(26)18-7-5-6-8-20(18)23-29(3,27)28/h5-10,15,23H,4,11-14H2,1-3H3,(H,22,26). The highest BCUT2D eigenvalue weighted by Gasteiger charge is 2.18. The Morgan fingerprint density at radius 2 is 1.72 bits per heavy atom. The fraction of sp³-hybridized carbons (Fsp3) is 0.381. The van der Waals surface area contributed by atoms with E-state index in [2.05, 4.69) is 32.8 Å². The van der Waals surface area contributed by atoms with Crippen LogP contribution in [0.5, 0.6) is 0 Å². The number of carbonyl (C=O) groups is 1. The van der Waals surface area contributed by atoms with Gasteiger partial charge in [0, 0.05) is 37.6 Å². The number of hydrogen-bond donors (Lipinski definition) is 2. The number of benzene rings is 2. The van der Waals surface area contributed by atoms with Crippen molar-refractivity contribution in [1.82, 2.24) is 4.90 Å². The van der Waals surface area contributed by atoms with Gasteiger partial charge in [-0.05, 0) is 49.4 Å². The zero-order valence-electron chi connectivity index (χ0n) is 17.1. The second-order valence-corrected chi connectivity index (χ2v) is 9.04. The van der Waals surface area contributed by atoms with Gasteiger partial charge in [0.05, 0.1) is 17.5 Å². The number of sulfonamides is 1. The van der Waals surface area contributed by atoms with Crippen molar-refractivity contribution in [1.29, 1.82) is 0 Å². The van der Waals surface area contributed by atoms with E-state index in [4.69, 9.17) is 0 Å². The molecule has 0 saturated carbocycles. The fourth-order valence-corrected chi connectivity index (χ4v) is 4.04. The summed E-state index contributed by atoms with van der Waals surface area (Å²) < 4.78 is 25.5. The third-order valence-corrected chi connectivity index (χ3v) is 5.70. The number of nitrogens with one attached hydrogen (secondary N) is 2. The van der Waals surface area contributed by atoms with E-state index in [9.17, 15) is 13.2 Å². The molecule has 3 rings (SSSR count). The topological polar surface area (TPSA) is 81.8 Å². The van der Waals surface area contributed by atoms with Crippen LogP contribution in [0.4, 0.5) is 17.1 Å². The van der Waals surface area contributed by atoms with Gasteiger partial charge in [0.2, 0.25) is 10.0 Å². The summed E-state index contributed by atoms with van der Waals surface area (Å²) in [7, 11) is -3.48. The number of anilines is 3. The Morgan fingerprint density at radius 1 is 1.03 bits per heavy atom. The van der Waals surface area contributed by atoms with Crippen molar-refractivity contribution in [2.45, 2.75) is 13.8 Å². The van der Waals surface area contributed by atoms with Gasteiger partial charge in [0.15, 0.2) is 0 Å². The van der Waals surface area contributed by atoms with Gasteiger partial charge in [-0.1, -0.05) is 19.1 Å². The quantitative estimate of drug-likeness (QED) is 0.757. The average Bonchev–Trinajstić information content (AvgIpc) is 2.68. The molecule has 156 valence electrons. The summed E-state index contributed by atoms with van der Waals surface area (Å²) in [5.41, 5.74) is 3.35. The predicted molar refractivity (Wildman–Crippen MR) is 118 cm³/mol. The molecule has 0 aliphatic carbocycles. The molecule has 0 bridgehead atoms. The first-order valence-electron chi connectivity index (χ1n) is 9.73. The molecule has 0 unspecified atom stereocenters. The Kier molecular flexibility index (Phi) is 6.44. The summed E-state index contributed by atoms with van der Waals surface area (Å²) in [6, 6.07) is 12.6. The Labute approximate surface area is 172 Å². The van der Waals surface area contributed by atoms with Crippen LogP contribution in [0.15, 0.2) is 42.5 Å². The van der Waals surface area contributed by atoms with E-state index in [1.807, 2.05) is 19.1 Å². The van der Waals surface area contributed by atoms with Gasteiger partial charge in [-0.15, -0.1) is 0 Å². The van der Waals surface area contributed by atoms with Gasteiger partial charge < -0.3 is 15.1 Å². The molecule has 1 amide bonds. The zero-order chi connectivity index (χ0) is 21.0. The number of amides is 1. The summed E-state index contributed by atoms with van der Waals surface area (Å²) in [4.78, 5) is 17.6. The van der Waals surface area contributed by atoms with Crippen molar-refractivity contribution < 1.29 is 13.2 Å². The molecule has 1 saturated heterocycles. The van der Waals surface area contributed by atoms with Crippen molar-refractivity contribution in [2.24, 2.45) is 0 Å². The van der Waals surface area contributed by atoms with Crippen LogP contribution in [0.25, 0.3) is 0 Å². The Bertz CT molecular complexity index is 983. The van der Waals surface area contributed by atoms with E-state index in [1.54, 1.807) is 24.3 Å². The molecule has 0 spiro atoms. The zero-order valence-corrected chi connectivity index (χ0v) is 17.9. The third kappa shape index (κ3) is 5.48. The van der Waals surface area contributed by atoms with Crippen molar-refractivity contribution >= 4 is 33.0 Å². The van der Waals surface area contributed by atoms with Gasteiger partial charge >= 0.3 is 0 Å². The summed E-state index contributed by atoms with van der Waals surface area (Å²) in [6.07, 6.45) is 1.06. The molecule has 0 radical (unpaired) electrons. The highest BCUT2D eigenvalue weighted by molar-refractivity contribution is 7.92. The summed E-state index contributed by atoms with van der Waals surface area (Å²) in [5.74, 6) is -0.357. The van der Waals surface area contributed by atoms with Crippen LogP contribution in [0, 0.1) is 6.92 Å². The summed E-state index contributed by atoms with van der Waals surface area (Å²) in [6.45, 7) is 9.31. The lowest BCUT2D eigenvalue weighted by Gasteiger charge is -2.35. The third-order valence-electron chi connectivity index (χ3n) is 5.11. The Balaban J connectivity index is 1.74. The molecule has 1 fully saturated rings. The SMILES string of the molecule is CCN1CCN(c2ccc(NC(=O)c3ccccc3NS(C)(=O)=O)c(C)c2)CC1. The van der Waals surface area contributed by atoms with Crippen molar-refractivity contribution in [3.63, 3.8) is 0 Å². The van der Waals surface area contributed by atoms with Crippen molar-refractivity contribution in [2.75, 3.05) is 53.9 Å². The number of hydrogen-bond acceptors (Lipinski definition) is 5. The molecule has 7 nitrogen and oxygen atoms in total. The minimum atomic E-state index is -3.48. The second-order valence-electron chi connectivity index (χ2n) is 7.29. The van der Waals surface area contributed by atoms with Gasteiger partial charge in [0.1, 0.15) is 0 Å². The Hall–Kier alpha value is -2.58. The van der Waals surface area contributed by atoms with Gasteiger partial charge in [-0.25, -0.2) is 8.42 Å². The maximum Gasteiger partial charge on any atom is 0.257 e. The maximum atomic E-state index is 12.8. The lowest BCUT2D eigenvalue weighted by Crippen LogP contribution is -2.46. The van der Waals surface area contributed by atoms with Crippen LogP contribution in [-0.2, 0) is 10.0 Å². The van der Waals surface area contributed by atoms with E-state index in [0.29, 0.717) is 5.69 Å². The van der Waals surface area contributed by atoms with Crippen molar-refractivity contribution in [3.05, 3.63) is 53.6 Å². The largest absolute Gasteiger partial charge is 0.369 e. The molecule has 1 aliphatic rings. The number of rotatable bonds is 6. The molecule has 8 heteroatoms. The fourth-order valence-electron chi connectivity index (χ4n) is 3.47. The molecule has 29 heavy (non-hydrogen) atoms. The molecule has 0 aromatic heterocycles. The molecular weight excluding hydrogens is 388 g/mol. The number of aryl methyl sites for hydroxylation is 1. The molecule has 1 aliphatic heterocycles. The molecular formula is C21H28N4O3S. The lowest BCUT2D eigenvalue weighted by atomic mass is 10.1. The smallest absolute Gasteiger partial charge is 0.257 e. The number of para-hydroxylation sites is 1. The minimum absolute atomic E-state index is 0.260. The van der Waals surface area contributed by atoms with E-state index in [-0.39, 0.29) is 17.2 Å². The normalized spacial score (nSPS) is 15.2. The molecule has 2 aromatic rings. The Morgan fingerprint density at radius 3 is 2.34 bits per heavy atom. The minimum Gasteiger partial charge on any atom is -0.369 e.